The molecular weight excluding hydrogens is 276 g/mol. The fraction of sp³-hybridized carbons (Fsp3) is 0.611. The largest absolute Gasteiger partial charge is 0.481 e. The third-order valence-electron chi connectivity index (χ3n) is 5.11. The van der Waals surface area contributed by atoms with Crippen LogP contribution >= 0.6 is 0 Å². The van der Waals surface area contributed by atoms with Gasteiger partial charge in [0.15, 0.2) is 6.10 Å². The second-order valence-electron chi connectivity index (χ2n) is 6.79. The Labute approximate surface area is 132 Å². The summed E-state index contributed by atoms with van der Waals surface area (Å²) >= 11 is 0. The maximum Gasteiger partial charge on any atom is 0.261 e. The van der Waals surface area contributed by atoms with Crippen molar-refractivity contribution in [3.8, 4) is 5.75 Å². The molecular formula is C18H26N2O2. The third-order valence-corrected chi connectivity index (χ3v) is 5.11. The highest BCUT2D eigenvalue weighted by molar-refractivity contribution is 5.81. The van der Waals surface area contributed by atoms with Crippen LogP contribution in [0, 0.1) is 11.8 Å². The van der Waals surface area contributed by atoms with Crippen molar-refractivity contribution in [2.24, 2.45) is 17.6 Å². The molecule has 2 bridgehead atoms. The highest BCUT2D eigenvalue weighted by Gasteiger charge is 2.40. The molecule has 2 aliphatic carbocycles. The van der Waals surface area contributed by atoms with Gasteiger partial charge in [-0.05, 0) is 56.6 Å². The molecule has 3 unspecified atom stereocenters. The monoisotopic (exact) mass is 302 g/mol. The Morgan fingerprint density at radius 3 is 2.50 bits per heavy atom. The van der Waals surface area contributed by atoms with Crippen molar-refractivity contribution >= 4 is 5.91 Å². The van der Waals surface area contributed by atoms with Crippen LogP contribution in [-0.2, 0) is 4.79 Å². The number of benzene rings is 1. The molecule has 120 valence electrons. The molecule has 0 spiro atoms. The Hall–Kier alpha value is -1.55. The quantitative estimate of drug-likeness (QED) is 0.898. The molecule has 0 aliphatic heterocycles. The fourth-order valence-corrected chi connectivity index (χ4v) is 4.06. The van der Waals surface area contributed by atoms with E-state index in [0.29, 0.717) is 17.9 Å². The molecule has 22 heavy (non-hydrogen) atoms. The molecule has 0 saturated heterocycles. The molecule has 1 amide bonds. The van der Waals surface area contributed by atoms with E-state index in [1.165, 1.54) is 19.3 Å². The van der Waals surface area contributed by atoms with Crippen molar-refractivity contribution in [1.82, 2.24) is 5.32 Å². The van der Waals surface area contributed by atoms with Gasteiger partial charge in [-0.25, -0.2) is 0 Å². The standard InChI is InChI=1S/C18H26N2O2/c1-12(22-16-8-3-2-4-9-16)18(21)20-17-13-6-5-7-14(17)11-15(19)10-13/h2-4,8-9,12-15,17H,5-7,10-11,19H2,1H3,(H,20,21). The van der Waals surface area contributed by atoms with Crippen molar-refractivity contribution in [3.63, 3.8) is 0 Å². The van der Waals surface area contributed by atoms with Crippen LogP contribution in [0.1, 0.15) is 39.0 Å². The second-order valence-corrected chi connectivity index (χ2v) is 6.79. The number of carbonyl (C=O) groups excluding carboxylic acids is 1. The molecule has 1 aromatic carbocycles. The average Bonchev–Trinajstić information content (AvgIpc) is 2.49. The SMILES string of the molecule is CC(Oc1ccccc1)C(=O)NC1C2CCCC1CC(N)C2. The van der Waals surface area contributed by atoms with Crippen LogP contribution in [0.25, 0.3) is 0 Å². The zero-order valence-corrected chi connectivity index (χ0v) is 13.2. The molecule has 2 fully saturated rings. The summed E-state index contributed by atoms with van der Waals surface area (Å²) in [4.78, 5) is 12.5. The van der Waals surface area contributed by atoms with E-state index in [1.807, 2.05) is 37.3 Å². The summed E-state index contributed by atoms with van der Waals surface area (Å²) in [6.07, 6.45) is 5.24. The minimum Gasteiger partial charge on any atom is -0.481 e. The summed E-state index contributed by atoms with van der Waals surface area (Å²) in [5.74, 6) is 1.79. The summed E-state index contributed by atoms with van der Waals surface area (Å²) in [6, 6.07) is 10.1. The molecule has 4 nitrogen and oxygen atoms in total. The van der Waals surface area contributed by atoms with Crippen LogP contribution in [0.3, 0.4) is 0 Å². The number of ether oxygens (including phenoxy) is 1. The van der Waals surface area contributed by atoms with Gasteiger partial charge in [-0.1, -0.05) is 24.6 Å². The summed E-state index contributed by atoms with van der Waals surface area (Å²) in [7, 11) is 0. The highest BCUT2D eigenvalue weighted by Crippen LogP contribution is 2.39. The molecule has 0 heterocycles. The predicted octanol–water partition coefficient (Wildman–Crippen LogP) is 2.48. The van der Waals surface area contributed by atoms with Gasteiger partial charge in [0.05, 0.1) is 0 Å². The zero-order valence-electron chi connectivity index (χ0n) is 13.2. The lowest BCUT2D eigenvalue weighted by Crippen LogP contribution is -2.55. The van der Waals surface area contributed by atoms with Crippen molar-refractivity contribution in [2.75, 3.05) is 0 Å². The maximum absolute atomic E-state index is 12.5. The van der Waals surface area contributed by atoms with E-state index >= 15 is 0 Å². The van der Waals surface area contributed by atoms with Gasteiger partial charge >= 0.3 is 0 Å². The van der Waals surface area contributed by atoms with Crippen molar-refractivity contribution < 1.29 is 9.53 Å². The summed E-state index contributed by atoms with van der Waals surface area (Å²) in [6.45, 7) is 1.81. The van der Waals surface area contributed by atoms with E-state index in [2.05, 4.69) is 5.32 Å². The fourth-order valence-electron chi connectivity index (χ4n) is 4.06. The Morgan fingerprint density at radius 2 is 1.86 bits per heavy atom. The van der Waals surface area contributed by atoms with Crippen molar-refractivity contribution in [1.29, 1.82) is 0 Å². The maximum atomic E-state index is 12.5. The minimum atomic E-state index is -0.473. The Morgan fingerprint density at radius 1 is 1.23 bits per heavy atom. The van der Waals surface area contributed by atoms with E-state index < -0.39 is 6.10 Å². The van der Waals surface area contributed by atoms with Gasteiger partial charge in [0.1, 0.15) is 5.75 Å². The molecule has 2 aliphatic rings. The minimum absolute atomic E-state index is 0.0128. The lowest BCUT2D eigenvalue weighted by molar-refractivity contribution is -0.129. The number of amides is 1. The van der Waals surface area contributed by atoms with E-state index in [-0.39, 0.29) is 11.9 Å². The van der Waals surface area contributed by atoms with Crippen LogP contribution in [0.15, 0.2) is 30.3 Å². The van der Waals surface area contributed by atoms with E-state index in [0.717, 1.165) is 18.6 Å². The van der Waals surface area contributed by atoms with Gasteiger partial charge in [-0.15, -0.1) is 0 Å². The number of rotatable bonds is 4. The molecule has 1 aromatic rings. The number of hydrogen-bond donors (Lipinski definition) is 2. The molecule has 3 atom stereocenters. The first-order chi connectivity index (χ1) is 10.6. The molecule has 3 rings (SSSR count). The Bertz CT molecular complexity index is 491. The van der Waals surface area contributed by atoms with Gasteiger partial charge in [0.25, 0.3) is 5.91 Å². The lowest BCUT2D eigenvalue weighted by Gasteiger charge is -2.45. The summed E-state index contributed by atoms with van der Waals surface area (Å²) in [5.41, 5.74) is 6.14. The lowest BCUT2D eigenvalue weighted by atomic mass is 9.67. The van der Waals surface area contributed by atoms with Crippen LogP contribution in [0.4, 0.5) is 0 Å². The number of hydrogen-bond acceptors (Lipinski definition) is 3. The summed E-state index contributed by atoms with van der Waals surface area (Å²) in [5, 5.41) is 3.24. The van der Waals surface area contributed by atoms with Crippen molar-refractivity contribution in [3.05, 3.63) is 30.3 Å². The average molecular weight is 302 g/mol. The first-order valence-electron chi connectivity index (χ1n) is 8.41. The molecule has 0 radical (unpaired) electrons. The molecule has 3 N–H and O–H groups in total. The van der Waals surface area contributed by atoms with E-state index in [1.54, 1.807) is 0 Å². The number of fused-ring (bicyclic) bond motifs is 2. The number of para-hydroxylation sites is 1. The molecule has 2 saturated carbocycles. The van der Waals surface area contributed by atoms with Crippen LogP contribution < -0.4 is 15.8 Å². The van der Waals surface area contributed by atoms with Gasteiger partial charge in [-0.3, -0.25) is 4.79 Å². The van der Waals surface area contributed by atoms with Crippen LogP contribution in [-0.4, -0.2) is 24.1 Å². The Balaban J connectivity index is 1.59. The molecule has 4 heteroatoms. The van der Waals surface area contributed by atoms with Crippen LogP contribution in [0.5, 0.6) is 5.75 Å². The molecule has 0 aromatic heterocycles. The highest BCUT2D eigenvalue weighted by atomic mass is 16.5. The van der Waals surface area contributed by atoms with Crippen molar-refractivity contribution in [2.45, 2.75) is 57.2 Å². The number of nitrogens with one attached hydrogen (secondary N) is 1. The topological polar surface area (TPSA) is 64.3 Å². The predicted molar refractivity (Wildman–Crippen MR) is 86.5 cm³/mol. The smallest absolute Gasteiger partial charge is 0.261 e. The summed E-state index contributed by atoms with van der Waals surface area (Å²) < 4.78 is 5.72. The van der Waals surface area contributed by atoms with Crippen LogP contribution in [0.2, 0.25) is 0 Å². The Kier molecular flexibility index (Phi) is 4.67. The third kappa shape index (κ3) is 3.43. The first-order valence-corrected chi connectivity index (χ1v) is 8.41. The van der Waals surface area contributed by atoms with E-state index in [9.17, 15) is 4.79 Å². The normalized spacial score (nSPS) is 32.1. The van der Waals surface area contributed by atoms with Gasteiger partial charge in [-0.2, -0.15) is 0 Å². The number of nitrogens with two attached hydrogens (primary N) is 1. The van der Waals surface area contributed by atoms with Gasteiger partial charge in [0.2, 0.25) is 0 Å². The number of carbonyl (C=O) groups is 1. The van der Waals surface area contributed by atoms with Gasteiger partial charge < -0.3 is 15.8 Å². The van der Waals surface area contributed by atoms with E-state index in [4.69, 9.17) is 10.5 Å². The second kappa shape index (κ2) is 6.69. The first kappa shape index (κ1) is 15.3. The van der Waals surface area contributed by atoms with Gasteiger partial charge in [0, 0.05) is 12.1 Å². The zero-order chi connectivity index (χ0) is 15.5.